The third-order valence-corrected chi connectivity index (χ3v) is 3.78. The summed E-state index contributed by atoms with van der Waals surface area (Å²) >= 11 is 0. The predicted molar refractivity (Wildman–Crippen MR) is 77.9 cm³/mol. The minimum Gasteiger partial charge on any atom is -0.388 e. The minimum atomic E-state index is -0.822. The Morgan fingerprint density at radius 3 is 2.62 bits per heavy atom. The normalized spacial score (nSPS) is 16.8. The number of nitro groups is 1. The van der Waals surface area contributed by atoms with Crippen molar-refractivity contribution in [2.75, 3.05) is 23.9 Å². The maximum absolute atomic E-state index is 11.2. The zero-order chi connectivity index (χ0) is 15.6. The van der Waals surface area contributed by atoms with Crippen LogP contribution in [0.15, 0.2) is 0 Å². The molecule has 1 aliphatic rings. The van der Waals surface area contributed by atoms with Crippen LogP contribution in [0.2, 0.25) is 0 Å². The van der Waals surface area contributed by atoms with Crippen molar-refractivity contribution in [1.29, 1.82) is 0 Å². The van der Waals surface area contributed by atoms with Crippen LogP contribution in [0.25, 0.3) is 0 Å². The number of likely N-dealkylation sites (N-methyl/N-ethyl adjacent to an activating group) is 1. The Morgan fingerprint density at radius 2 is 2.10 bits per heavy atom. The van der Waals surface area contributed by atoms with Gasteiger partial charge in [0, 0.05) is 13.6 Å². The lowest BCUT2D eigenvalue weighted by Gasteiger charge is -2.29. The van der Waals surface area contributed by atoms with E-state index in [-0.39, 0.29) is 29.7 Å². The fourth-order valence-electron chi connectivity index (χ4n) is 2.80. The Labute approximate surface area is 122 Å². The lowest BCUT2D eigenvalue weighted by atomic mass is 10.0. The zero-order valence-corrected chi connectivity index (χ0v) is 12.2. The number of nitrogens with one attached hydrogen (secondary N) is 1. The van der Waals surface area contributed by atoms with Crippen LogP contribution in [0.4, 0.5) is 17.5 Å². The first kappa shape index (κ1) is 15.4. The second-order valence-corrected chi connectivity index (χ2v) is 5.49. The Kier molecular flexibility index (Phi) is 4.24. The number of aryl methyl sites for hydroxylation is 1. The first-order valence-electron chi connectivity index (χ1n) is 6.79. The molecule has 1 aliphatic carbocycles. The summed E-state index contributed by atoms with van der Waals surface area (Å²) in [5, 5.41) is 21.7. The first-order chi connectivity index (χ1) is 9.86. The number of anilines is 2. The van der Waals surface area contributed by atoms with Crippen LogP contribution >= 0.6 is 0 Å². The summed E-state index contributed by atoms with van der Waals surface area (Å²) in [5.41, 5.74) is 1.53. The number of nitrogens with two attached hydrogens (primary N) is 1. The van der Waals surface area contributed by atoms with E-state index in [1.165, 1.54) is 6.92 Å². The highest BCUT2D eigenvalue weighted by Gasteiger charge is 2.35. The van der Waals surface area contributed by atoms with Gasteiger partial charge in [0.2, 0.25) is 11.8 Å². The molecule has 116 valence electrons. The second-order valence-electron chi connectivity index (χ2n) is 5.49. The molecule has 0 atom stereocenters. The van der Waals surface area contributed by atoms with Gasteiger partial charge in [-0.05, 0) is 19.8 Å². The van der Waals surface area contributed by atoms with Gasteiger partial charge in [0.1, 0.15) is 5.69 Å². The maximum atomic E-state index is 11.2. The standard InChI is InChI=1S/C12H20N6O3/c1-8-9(18(20)21)10(15-11(14-8)16-13)17(2)7-12(19)5-3-4-6-12/h19H,3-7,13H2,1-2H3,(H,14,15,16). The van der Waals surface area contributed by atoms with Gasteiger partial charge in [-0.3, -0.25) is 15.5 Å². The molecule has 1 fully saturated rings. The summed E-state index contributed by atoms with van der Waals surface area (Å²) in [6.07, 6.45) is 3.31. The van der Waals surface area contributed by atoms with Crippen molar-refractivity contribution < 1.29 is 10.0 Å². The van der Waals surface area contributed by atoms with E-state index < -0.39 is 10.5 Å². The molecule has 0 saturated heterocycles. The monoisotopic (exact) mass is 296 g/mol. The third-order valence-electron chi connectivity index (χ3n) is 3.78. The molecule has 0 radical (unpaired) electrons. The van der Waals surface area contributed by atoms with E-state index in [4.69, 9.17) is 5.84 Å². The average molecular weight is 296 g/mol. The molecular weight excluding hydrogens is 276 g/mol. The van der Waals surface area contributed by atoms with Crippen LogP contribution in [-0.2, 0) is 0 Å². The highest BCUT2D eigenvalue weighted by molar-refractivity contribution is 5.62. The fraction of sp³-hybridized carbons (Fsp3) is 0.667. The van der Waals surface area contributed by atoms with Crippen molar-refractivity contribution in [3.63, 3.8) is 0 Å². The minimum absolute atomic E-state index is 0.110. The number of aliphatic hydroxyl groups is 1. The Hall–Kier alpha value is -2.00. The molecule has 4 N–H and O–H groups in total. The van der Waals surface area contributed by atoms with E-state index in [9.17, 15) is 15.2 Å². The fourth-order valence-corrected chi connectivity index (χ4v) is 2.80. The number of nitrogen functional groups attached to an aromatic ring is 1. The summed E-state index contributed by atoms with van der Waals surface area (Å²) in [6.45, 7) is 1.82. The van der Waals surface area contributed by atoms with Crippen LogP contribution in [-0.4, -0.2) is 39.2 Å². The Morgan fingerprint density at radius 1 is 1.48 bits per heavy atom. The highest BCUT2D eigenvalue weighted by atomic mass is 16.6. The average Bonchev–Trinajstić information content (AvgIpc) is 2.83. The van der Waals surface area contributed by atoms with Gasteiger partial charge < -0.3 is 10.0 Å². The number of hydrogen-bond acceptors (Lipinski definition) is 8. The van der Waals surface area contributed by atoms with Gasteiger partial charge in [-0.25, -0.2) is 10.8 Å². The van der Waals surface area contributed by atoms with Crippen molar-refractivity contribution in [1.82, 2.24) is 9.97 Å². The van der Waals surface area contributed by atoms with Crippen molar-refractivity contribution in [2.24, 2.45) is 5.84 Å². The summed E-state index contributed by atoms with van der Waals surface area (Å²) in [4.78, 5) is 20.3. The van der Waals surface area contributed by atoms with Crippen LogP contribution in [0.5, 0.6) is 0 Å². The number of rotatable bonds is 5. The molecule has 1 aromatic heterocycles. The van der Waals surface area contributed by atoms with Gasteiger partial charge in [-0.2, -0.15) is 4.98 Å². The summed E-state index contributed by atoms with van der Waals surface area (Å²) in [7, 11) is 1.67. The molecule has 1 heterocycles. The molecule has 9 heteroatoms. The van der Waals surface area contributed by atoms with Gasteiger partial charge in [-0.15, -0.1) is 0 Å². The van der Waals surface area contributed by atoms with E-state index in [0.29, 0.717) is 12.8 Å². The predicted octanol–water partition coefficient (Wildman–Crippen LogP) is 0.720. The molecule has 9 nitrogen and oxygen atoms in total. The van der Waals surface area contributed by atoms with Crippen LogP contribution < -0.4 is 16.2 Å². The summed E-state index contributed by atoms with van der Waals surface area (Å²) in [5.74, 6) is 5.55. The largest absolute Gasteiger partial charge is 0.388 e. The second kappa shape index (κ2) is 5.78. The Bertz CT molecular complexity index is 544. The molecule has 0 aliphatic heterocycles. The lowest BCUT2D eigenvalue weighted by Crippen LogP contribution is -2.40. The van der Waals surface area contributed by atoms with Crippen molar-refractivity contribution in [2.45, 2.75) is 38.2 Å². The number of aromatic nitrogens is 2. The number of hydrazine groups is 1. The molecule has 2 rings (SSSR count). The number of nitrogens with zero attached hydrogens (tertiary/aromatic N) is 4. The van der Waals surface area contributed by atoms with Gasteiger partial charge >= 0.3 is 5.69 Å². The van der Waals surface area contributed by atoms with Gasteiger partial charge in [-0.1, -0.05) is 12.8 Å². The maximum Gasteiger partial charge on any atom is 0.332 e. The van der Waals surface area contributed by atoms with Crippen molar-refractivity contribution in [3.8, 4) is 0 Å². The third kappa shape index (κ3) is 3.19. The van der Waals surface area contributed by atoms with Crippen LogP contribution in [0, 0.1) is 17.0 Å². The van der Waals surface area contributed by atoms with Gasteiger partial charge in [0.15, 0.2) is 0 Å². The van der Waals surface area contributed by atoms with E-state index >= 15 is 0 Å². The molecular formula is C12H20N6O3. The zero-order valence-electron chi connectivity index (χ0n) is 12.2. The summed E-state index contributed by atoms with van der Waals surface area (Å²) < 4.78 is 0. The smallest absolute Gasteiger partial charge is 0.332 e. The van der Waals surface area contributed by atoms with E-state index in [0.717, 1.165) is 12.8 Å². The molecule has 0 aromatic carbocycles. The van der Waals surface area contributed by atoms with Crippen molar-refractivity contribution in [3.05, 3.63) is 15.8 Å². The molecule has 21 heavy (non-hydrogen) atoms. The quantitative estimate of drug-likeness (QED) is 0.411. The molecule has 1 saturated carbocycles. The highest BCUT2D eigenvalue weighted by Crippen LogP contribution is 2.34. The number of hydrogen-bond donors (Lipinski definition) is 3. The lowest BCUT2D eigenvalue weighted by molar-refractivity contribution is -0.385. The van der Waals surface area contributed by atoms with E-state index in [1.54, 1.807) is 11.9 Å². The van der Waals surface area contributed by atoms with Crippen LogP contribution in [0.3, 0.4) is 0 Å². The molecule has 1 aromatic rings. The van der Waals surface area contributed by atoms with Crippen molar-refractivity contribution >= 4 is 17.5 Å². The molecule has 0 spiro atoms. The summed E-state index contributed by atoms with van der Waals surface area (Å²) in [6, 6.07) is 0. The molecule has 0 unspecified atom stereocenters. The molecule has 0 amide bonds. The van der Waals surface area contributed by atoms with Gasteiger partial charge in [0.25, 0.3) is 0 Å². The van der Waals surface area contributed by atoms with Crippen LogP contribution in [0.1, 0.15) is 31.4 Å². The van der Waals surface area contributed by atoms with E-state index in [2.05, 4.69) is 15.4 Å². The molecule has 0 bridgehead atoms. The SMILES string of the molecule is Cc1nc(NN)nc(N(C)CC2(O)CCCC2)c1[N+](=O)[O-]. The first-order valence-corrected chi connectivity index (χ1v) is 6.79. The van der Waals surface area contributed by atoms with Gasteiger partial charge in [0.05, 0.1) is 10.5 Å². The Balaban J connectivity index is 2.36. The topological polar surface area (TPSA) is 130 Å². The van der Waals surface area contributed by atoms with E-state index in [1.807, 2.05) is 0 Å².